The molecule has 0 aliphatic rings. The van der Waals surface area contributed by atoms with E-state index < -0.39 is 0 Å². The minimum Gasteiger partial charge on any atom is -0.377 e. The third kappa shape index (κ3) is 3.79. The molecule has 0 aromatic heterocycles. The molecule has 2 rings (SSSR count). The summed E-state index contributed by atoms with van der Waals surface area (Å²) in [4.78, 5) is 15.5. The number of amides is 1. The van der Waals surface area contributed by atoms with Crippen LogP contribution < -0.4 is 10.2 Å². The van der Waals surface area contributed by atoms with Crippen molar-refractivity contribution < 1.29 is 4.79 Å². The van der Waals surface area contributed by atoms with E-state index in [4.69, 9.17) is 0 Å². The normalized spacial score (nSPS) is 10.3. The molecule has 21 heavy (non-hydrogen) atoms. The summed E-state index contributed by atoms with van der Waals surface area (Å²) >= 11 is 1.66. The molecule has 4 heteroatoms. The molecule has 0 bridgehead atoms. The number of benzene rings is 2. The highest BCUT2D eigenvalue weighted by atomic mass is 32.2. The smallest absolute Gasteiger partial charge is 0.255 e. The molecule has 0 radical (unpaired) electrons. The molecule has 110 valence electrons. The Morgan fingerprint density at radius 1 is 1.14 bits per heavy atom. The van der Waals surface area contributed by atoms with E-state index in [1.165, 1.54) is 0 Å². The second-order valence-electron chi connectivity index (χ2n) is 5.08. The van der Waals surface area contributed by atoms with Crippen LogP contribution in [0.5, 0.6) is 0 Å². The third-order valence-electron chi connectivity index (χ3n) is 3.27. The average molecular weight is 300 g/mol. The standard InChI is InChI=1S/C17H20N2OS/c1-12-10-13(8-9-16(12)19(2)3)17(20)18-14-6-5-7-15(11-14)21-4/h5-11H,1-4H3,(H,18,20). The highest BCUT2D eigenvalue weighted by Crippen LogP contribution is 2.22. The van der Waals surface area contributed by atoms with E-state index in [2.05, 4.69) is 5.32 Å². The topological polar surface area (TPSA) is 32.3 Å². The fraction of sp³-hybridized carbons (Fsp3) is 0.235. The molecular weight excluding hydrogens is 280 g/mol. The van der Waals surface area contributed by atoms with E-state index in [9.17, 15) is 4.79 Å². The van der Waals surface area contributed by atoms with Crippen molar-refractivity contribution in [2.45, 2.75) is 11.8 Å². The summed E-state index contributed by atoms with van der Waals surface area (Å²) in [5.41, 5.74) is 3.70. The lowest BCUT2D eigenvalue weighted by Gasteiger charge is -2.16. The van der Waals surface area contributed by atoms with Crippen LogP contribution in [-0.2, 0) is 0 Å². The van der Waals surface area contributed by atoms with E-state index in [-0.39, 0.29) is 5.91 Å². The van der Waals surface area contributed by atoms with Gasteiger partial charge in [0, 0.05) is 35.9 Å². The number of carbonyl (C=O) groups excluding carboxylic acids is 1. The van der Waals surface area contributed by atoms with Crippen LogP contribution in [0.4, 0.5) is 11.4 Å². The lowest BCUT2D eigenvalue weighted by Crippen LogP contribution is -2.14. The number of nitrogens with one attached hydrogen (secondary N) is 1. The monoisotopic (exact) mass is 300 g/mol. The number of nitrogens with zero attached hydrogens (tertiary/aromatic N) is 1. The van der Waals surface area contributed by atoms with Crippen molar-refractivity contribution >= 4 is 29.0 Å². The summed E-state index contributed by atoms with van der Waals surface area (Å²) in [5.74, 6) is -0.0818. The maximum Gasteiger partial charge on any atom is 0.255 e. The van der Waals surface area contributed by atoms with Crippen LogP contribution in [0.25, 0.3) is 0 Å². The van der Waals surface area contributed by atoms with Gasteiger partial charge in [0.25, 0.3) is 5.91 Å². The fourth-order valence-electron chi connectivity index (χ4n) is 2.20. The highest BCUT2D eigenvalue weighted by molar-refractivity contribution is 7.98. The van der Waals surface area contributed by atoms with Crippen molar-refractivity contribution in [1.29, 1.82) is 0 Å². The summed E-state index contributed by atoms with van der Waals surface area (Å²) in [6.45, 7) is 2.01. The number of thioether (sulfide) groups is 1. The number of aryl methyl sites for hydroxylation is 1. The van der Waals surface area contributed by atoms with Gasteiger partial charge in [0.2, 0.25) is 0 Å². The van der Waals surface area contributed by atoms with Crippen LogP contribution in [0.2, 0.25) is 0 Å². The SMILES string of the molecule is CSc1cccc(NC(=O)c2ccc(N(C)C)c(C)c2)c1. The zero-order valence-corrected chi connectivity index (χ0v) is 13.6. The Morgan fingerprint density at radius 3 is 2.52 bits per heavy atom. The Hall–Kier alpha value is -1.94. The van der Waals surface area contributed by atoms with Gasteiger partial charge in [-0.2, -0.15) is 0 Å². The molecular formula is C17H20N2OS. The number of rotatable bonds is 4. The molecule has 0 heterocycles. The van der Waals surface area contributed by atoms with Crippen molar-refractivity contribution in [2.75, 3.05) is 30.6 Å². The highest BCUT2D eigenvalue weighted by Gasteiger charge is 2.09. The van der Waals surface area contributed by atoms with Crippen LogP contribution in [0.3, 0.4) is 0 Å². The van der Waals surface area contributed by atoms with Gasteiger partial charge >= 0.3 is 0 Å². The molecule has 0 spiro atoms. The minimum atomic E-state index is -0.0818. The number of hydrogen-bond acceptors (Lipinski definition) is 3. The molecule has 2 aromatic carbocycles. The summed E-state index contributed by atoms with van der Waals surface area (Å²) in [7, 11) is 3.99. The second-order valence-corrected chi connectivity index (χ2v) is 5.96. The summed E-state index contributed by atoms with van der Waals surface area (Å²) in [6.07, 6.45) is 2.02. The van der Waals surface area contributed by atoms with E-state index in [0.29, 0.717) is 5.56 Å². The molecule has 1 N–H and O–H groups in total. The van der Waals surface area contributed by atoms with E-state index in [1.54, 1.807) is 11.8 Å². The zero-order chi connectivity index (χ0) is 15.4. The van der Waals surface area contributed by atoms with E-state index in [1.807, 2.05) is 74.6 Å². The van der Waals surface area contributed by atoms with E-state index in [0.717, 1.165) is 21.8 Å². The molecule has 0 saturated heterocycles. The number of anilines is 2. The van der Waals surface area contributed by atoms with Gasteiger partial charge < -0.3 is 10.2 Å². The third-order valence-corrected chi connectivity index (χ3v) is 3.99. The Kier molecular flexibility index (Phi) is 4.91. The maximum absolute atomic E-state index is 12.3. The van der Waals surface area contributed by atoms with Crippen LogP contribution in [-0.4, -0.2) is 26.3 Å². The largest absolute Gasteiger partial charge is 0.377 e. The predicted molar refractivity (Wildman–Crippen MR) is 91.7 cm³/mol. The van der Waals surface area contributed by atoms with Crippen molar-refractivity contribution in [2.24, 2.45) is 0 Å². The van der Waals surface area contributed by atoms with Gasteiger partial charge in [-0.25, -0.2) is 0 Å². The van der Waals surface area contributed by atoms with E-state index >= 15 is 0 Å². The molecule has 0 aliphatic carbocycles. The Bertz CT molecular complexity index is 653. The quantitative estimate of drug-likeness (QED) is 0.865. The molecule has 0 unspecified atom stereocenters. The van der Waals surface area contributed by atoms with Crippen LogP contribution in [0.15, 0.2) is 47.4 Å². The molecule has 2 aromatic rings. The summed E-state index contributed by atoms with van der Waals surface area (Å²) in [6, 6.07) is 13.6. The molecule has 0 fully saturated rings. The van der Waals surface area contributed by atoms with Gasteiger partial charge in [-0.1, -0.05) is 6.07 Å². The first kappa shape index (κ1) is 15.4. The Balaban J connectivity index is 2.18. The van der Waals surface area contributed by atoms with Gasteiger partial charge in [0.05, 0.1) is 0 Å². The van der Waals surface area contributed by atoms with Gasteiger partial charge in [0.15, 0.2) is 0 Å². The number of hydrogen-bond donors (Lipinski definition) is 1. The fourth-order valence-corrected chi connectivity index (χ4v) is 2.66. The predicted octanol–water partition coefficient (Wildman–Crippen LogP) is 4.04. The zero-order valence-electron chi connectivity index (χ0n) is 12.8. The van der Waals surface area contributed by atoms with Crippen molar-refractivity contribution in [3.63, 3.8) is 0 Å². The van der Waals surface area contributed by atoms with Crippen LogP contribution >= 0.6 is 11.8 Å². The first-order valence-corrected chi connectivity index (χ1v) is 7.97. The first-order chi connectivity index (χ1) is 10.0. The number of carbonyl (C=O) groups is 1. The van der Waals surface area contributed by atoms with Gasteiger partial charge in [-0.15, -0.1) is 11.8 Å². The molecule has 0 atom stereocenters. The van der Waals surface area contributed by atoms with Crippen LogP contribution in [0, 0.1) is 6.92 Å². The Morgan fingerprint density at radius 2 is 1.90 bits per heavy atom. The summed E-state index contributed by atoms with van der Waals surface area (Å²) in [5, 5.41) is 2.94. The summed E-state index contributed by atoms with van der Waals surface area (Å²) < 4.78 is 0. The molecule has 1 amide bonds. The van der Waals surface area contributed by atoms with Gasteiger partial charge in [-0.3, -0.25) is 4.79 Å². The lowest BCUT2D eigenvalue weighted by molar-refractivity contribution is 0.102. The minimum absolute atomic E-state index is 0.0818. The van der Waals surface area contributed by atoms with Crippen molar-refractivity contribution in [1.82, 2.24) is 0 Å². The maximum atomic E-state index is 12.3. The van der Waals surface area contributed by atoms with Crippen LogP contribution in [0.1, 0.15) is 15.9 Å². The molecule has 3 nitrogen and oxygen atoms in total. The molecule has 0 aliphatic heterocycles. The van der Waals surface area contributed by atoms with Gasteiger partial charge in [0.1, 0.15) is 0 Å². The van der Waals surface area contributed by atoms with Crippen molar-refractivity contribution in [3.05, 3.63) is 53.6 Å². The Labute approximate surface area is 130 Å². The van der Waals surface area contributed by atoms with Gasteiger partial charge in [-0.05, 0) is 55.1 Å². The average Bonchev–Trinajstić information content (AvgIpc) is 2.46. The van der Waals surface area contributed by atoms with Crippen molar-refractivity contribution in [3.8, 4) is 0 Å². The first-order valence-electron chi connectivity index (χ1n) is 6.74. The molecule has 0 saturated carbocycles. The second kappa shape index (κ2) is 6.68. The lowest BCUT2D eigenvalue weighted by atomic mass is 10.1.